The molecule has 1 atom stereocenters. The van der Waals surface area contributed by atoms with Gasteiger partial charge in [-0.25, -0.2) is 22.0 Å². The summed E-state index contributed by atoms with van der Waals surface area (Å²) in [6, 6.07) is -0.969. The van der Waals surface area contributed by atoms with Gasteiger partial charge in [0.05, 0.1) is 6.42 Å². The number of benzene rings is 1. The van der Waals surface area contributed by atoms with Crippen molar-refractivity contribution >= 4 is 11.9 Å². The van der Waals surface area contributed by atoms with Crippen LogP contribution in [-0.2, 0) is 4.79 Å². The van der Waals surface area contributed by atoms with Crippen molar-refractivity contribution in [2.45, 2.75) is 25.3 Å². The van der Waals surface area contributed by atoms with E-state index in [4.69, 9.17) is 5.11 Å². The monoisotopic (exact) mass is 335 g/mol. The van der Waals surface area contributed by atoms with Crippen LogP contribution in [0.5, 0.6) is 0 Å². The molecule has 0 aliphatic carbocycles. The molecule has 1 saturated heterocycles. The van der Waals surface area contributed by atoms with E-state index >= 15 is 0 Å². The molecule has 1 aromatic carbocycles. The Balaban J connectivity index is 2.45. The molecule has 2 radical (unpaired) electrons. The molecule has 1 unspecified atom stereocenters. The highest BCUT2D eigenvalue weighted by molar-refractivity contribution is 5.95. The second kappa shape index (κ2) is 6.51. The molecule has 1 fully saturated rings. The molecule has 1 heterocycles. The number of amides is 1. The topological polar surface area (TPSA) is 57.6 Å². The fourth-order valence-corrected chi connectivity index (χ4v) is 2.35. The maximum Gasteiger partial charge on any atom is 0.305 e. The van der Waals surface area contributed by atoms with Crippen molar-refractivity contribution in [3.05, 3.63) is 41.1 Å². The number of aliphatic carboxylic acids is 1. The summed E-state index contributed by atoms with van der Waals surface area (Å²) < 4.78 is 66.8. The Morgan fingerprint density at radius 1 is 1.04 bits per heavy atom. The van der Waals surface area contributed by atoms with Crippen LogP contribution in [0.4, 0.5) is 22.0 Å². The Morgan fingerprint density at radius 3 is 2.09 bits per heavy atom. The van der Waals surface area contributed by atoms with E-state index in [-0.39, 0.29) is 19.4 Å². The molecule has 4 nitrogen and oxygen atoms in total. The number of hydrogen-bond donors (Lipinski definition) is 1. The average molecular weight is 335 g/mol. The van der Waals surface area contributed by atoms with Crippen LogP contribution in [0.2, 0.25) is 0 Å². The number of hydrogen-bond acceptors (Lipinski definition) is 2. The lowest BCUT2D eigenvalue weighted by molar-refractivity contribution is -0.138. The van der Waals surface area contributed by atoms with Crippen LogP contribution in [0.15, 0.2) is 0 Å². The third-order valence-electron chi connectivity index (χ3n) is 3.44. The summed E-state index contributed by atoms with van der Waals surface area (Å²) in [6.07, 6.45) is 2.46. The Bertz CT molecular complexity index is 635. The van der Waals surface area contributed by atoms with E-state index in [1.54, 1.807) is 0 Å². The first-order chi connectivity index (χ1) is 10.8. The smallest absolute Gasteiger partial charge is 0.305 e. The van der Waals surface area contributed by atoms with Crippen molar-refractivity contribution < 1.29 is 36.6 Å². The largest absolute Gasteiger partial charge is 0.481 e. The SMILES string of the molecule is O=C(O)CC1C[C]CCN1C(=O)c1c(F)c(F)c(F)c(F)c1F. The van der Waals surface area contributed by atoms with Gasteiger partial charge in [0, 0.05) is 12.6 Å². The van der Waals surface area contributed by atoms with Gasteiger partial charge in [0.2, 0.25) is 5.82 Å². The molecule has 0 saturated carbocycles. The van der Waals surface area contributed by atoms with Crippen LogP contribution < -0.4 is 0 Å². The predicted octanol–water partition coefficient (Wildman–Crippen LogP) is 2.54. The molecule has 1 amide bonds. The first kappa shape index (κ1) is 17.2. The van der Waals surface area contributed by atoms with Gasteiger partial charge in [0.1, 0.15) is 5.56 Å². The van der Waals surface area contributed by atoms with Crippen molar-refractivity contribution in [1.82, 2.24) is 4.90 Å². The van der Waals surface area contributed by atoms with Gasteiger partial charge < -0.3 is 10.0 Å². The van der Waals surface area contributed by atoms with Crippen LogP contribution in [-0.4, -0.2) is 34.5 Å². The van der Waals surface area contributed by atoms with Crippen molar-refractivity contribution in [3.8, 4) is 0 Å². The minimum Gasteiger partial charge on any atom is -0.481 e. The van der Waals surface area contributed by atoms with E-state index in [0.29, 0.717) is 0 Å². The Kier molecular flexibility index (Phi) is 4.86. The van der Waals surface area contributed by atoms with Gasteiger partial charge in [-0.05, 0) is 19.3 Å². The highest BCUT2D eigenvalue weighted by Gasteiger charge is 2.36. The van der Waals surface area contributed by atoms with E-state index in [0.717, 1.165) is 4.90 Å². The molecule has 1 aromatic rings. The van der Waals surface area contributed by atoms with Crippen molar-refractivity contribution in [2.24, 2.45) is 0 Å². The molecular formula is C14H10F5NO3. The lowest BCUT2D eigenvalue weighted by atomic mass is 9.98. The van der Waals surface area contributed by atoms with Crippen LogP contribution >= 0.6 is 0 Å². The molecule has 1 aliphatic heterocycles. The average Bonchev–Trinajstić information content (AvgIpc) is 2.51. The van der Waals surface area contributed by atoms with E-state index in [1.807, 2.05) is 0 Å². The Morgan fingerprint density at radius 2 is 1.57 bits per heavy atom. The number of carboxylic acids is 1. The van der Waals surface area contributed by atoms with E-state index in [1.165, 1.54) is 0 Å². The van der Waals surface area contributed by atoms with Crippen LogP contribution in [0.1, 0.15) is 29.6 Å². The Labute approximate surface area is 127 Å². The minimum absolute atomic E-state index is 0.0213. The summed E-state index contributed by atoms with van der Waals surface area (Å²) in [6.45, 7) is -0.129. The normalized spacial score (nSPS) is 18.1. The number of halogens is 5. The van der Waals surface area contributed by atoms with Gasteiger partial charge in [-0.2, -0.15) is 0 Å². The molecule has 124 valence electrons. The first-order valence-electron chi connectivity index (χ1n) is 6.50. The molecule has 23 heavy (non-hydrogen) atoms. The molecule has 1 aliphatic rings. The highest BCUT2D eigenvalue weighted by Crippen LogP contribution is 2.27. The summed E-state index contributed by atoms with van der Waals surface area (Å²) >= 11 is 0. The summed E-state index contributed by atoms with van der Waals surface area (Å²) in [4.78, 5) is 23.8. The van der Waals surface area contributed by atoms with E-state index < -0.39 is 59.0 Å². The minimum atomic E-state index is -2.36. The van der Waals surface area contributed by atoms with Gasteiger partial charge in [0.15, 0.2) is 23.3 Å². The summed E-state index contributed by atoms with van der Waals surface area (Å²) in [5.41, 5.74) is -1.58. The van der Waals surface area contributed by atoms with Crippen LogP contribution in [0.3, 0.4) is 0 Å². The standard InChI is InChI=1S/C14H10F5NO3/c15-9-8(10(16)12(18)13(19)11(9)17)14(23)20-4-2-1-3-6(20)5-7(21)22/h6H,2-5H2,(H,21,22). The zero-order chi connectivity index (χ0) is 17.3. The summed E-state index contributed by atoms with van der Waals surface area (Å²) in [7, 11) is 0. The maximum atomic E-state index is 13.7. The fourth-order valence-electron chi connectivity index (χ4n) is 2.35. The number of carbonyl (C=O) groups is 2. The van der Waals surface area contributed by atoms with Crippen molar-refractivity contribution in [3.63, 3.8) is 0 Å². The molecule has 0 spiro atoms. The zero-order valence-corrected chi connectivity index (χ0v) is 11.5. The number of nitrogens with zero attached hydrogens (tertiary/aromatic N) is 1. The third kappa shape index (κ3) is 3.13. The lowest BCUT2D eigenvalue weighted by Gasteiger charge is -2.34. The van der Waals surface area contributed by atoms with Gasteiger partial charge >= 0.3 is 5.97 Å². The maximum absolute atomic E-state index is 13.7. The van der Waals surface area contributed by atoms with Crippen LogP contribution in [0.25, 0.3) is 0 Å². The predicted molar refractivity (Wildman–Crippen MR) is 65.8 cm³/mol. The Hall–Kier alpha value is -2.19. The number of carboxylic acid groups (broad SMARTS) is 1. The number of piperidine rings is 1. The molecule has 9 heteroatoms. The van der Waals surface area contributed by atoms with Crippen LogP contribution in [0, 0.1) is 35.5 Å². The molecule has 0 bridgehead atoms. The second-order valence-corrected chi connectivity index (χ2v) is 4.90. The molecular weight excluding hydrogens is 325 g/mol. The third-order valence-corrected chi connectivity index (χ3v) is 3.44. The zero-order valence-electron chi connectivity index (χ0n) is 11.5. The number of rotatable bonds is 3. The van der Waals surface area contributed by atoms with Gasteiger partial charge in [-0.15, -0.1) is 0 Å². The molecule has 2 rings (SSSR count). The number of carbonyl (C=O) groups excluding carboxylic acids is 1. The highest BCUT2D eigenvalue weighted by atomic mass is 19.2. The van der Waals surface area contributed by atoms with Gasteiger partial charge in [0.25, 0.3) is 5.91 Å². The first-order valence-corrected chi connectivity index (χ1v) is 6.50. The summed E-state index contributed by atoms with van der Waals surface area (Å²) in [5.74, 6) is -14.0. The second-order valence-electron chi connectivity index (χ2n) is 4.90. The number of likely N-dealkylation sites (tertiary alicyclic amines) is 1. The lowest BCUT2D eigenvalue weighted by Crippen LogP contribution is -2.45. The molecule has 1 N–H and O–H groups in total. The fraction of sp³-hybridized carbons (Fsp3) is 0.357. The summed E-state index contributed by atoms with van der Waals surface area (Å²) in [5, 5.41) is 8.79. The van der Waals surface area contributed by atoms with Crippen molar-refractivity contribution in [1.29, 1.82) is 0 Å². The van der Waals surface area contributed by atoms with Gasteiger partial charge in [-0.1, -0.05) is 0 Å². The molecule has 0 aromatic heterocycles. The van der Waals surface area contributed by atoms with E-state index in [2.05, 4.69) is 6.42 Å². The van der Waals surface area contributed by atoms with Crippen molar-refractivity contribution in [2.75, 3.05) is 6.54 Å². The quantitative estimate of drug-likeness (QED) is 0.525. The van der Waals surface area contributed by atoms with Gasteiger partial charge in [-0.3, -0.25) is 9.59 Å². The van der Waals surface area contributed by atoms with E-state index in [9.17, 15) is 31.5 Å².